The minimum atomic E-state index is -0.616. The van der Waals surface area contributed by atoms with Crippen molar-refractivity contribution in [3.05, 3.63) is 11.4 Å². The number of hydrogen-bond acceptors (Lipinski definition) is 9. The van der Waals surface area contributed by atoms with Gasteiger partial charge in [-0.2, -0.15) is 0 Å². The zero-order valence-electron chi connectivity index (χ0n) is 14.5. The Labute approximate surface area is 141 Å². The van der Waals surface area contributed by atoms with Crippen LogP contribution in [0.15, 0.2) is 0 Å². The SMILES string of the molecule is CCOC(=O)c1nc(NCCOC)c(C(C)=O)nc1NCCOC. The number of methoxy groups -OCH3 is 2. The summed E-state index contributed by atoms with van der Waals surface area (Å²) in [7, 11) is 3.12. The highest BCUT2D eigenvalue weighted by molar-refractivity contribution is 5.99. The third-order valence-corrected chi connectivity index (χ3v) is 2.90. The molecule has 0 unspecified atom stereocenters. The van der Waals surface area contributed by atoms with Crippen molar-refractivity contribution in [1.29, 1.82) is 0 Å². The molecular formula is C15H24N4O5. The summed E-state index contributed by atoms with van der Waals surface area (Å²) in [4.78, 5) is 32.5. The van der Waals surface area contributed by atoms with E-state index in [1.165, 1.54) is 6.92 Å². The van der Waals surface area contributed by atoms with Crippen LogP contribution in [0, 0.1) is 0 Å². The van der Waals surface area contributed by atoms with Gasteiger partial charge in [-0.1, -0.05) is 0 Å². The predicted molar refractivity (Wildman–Crippen MR) is 88.7 cm³/mol. The maximum atomic E-state index is 12.1. The predicted octanol–water partition coefficient (Wildman–Crippen LogP) is 0.972. The lowest BCUT2D eigenvalue weighted by atomic mass is 10.2. The second-order valence-corrected chi connectivity index (χ2v) is 4.73. The standard InChI is InChI=1S/C15H24N4O5/c1-5-24-15(21)12-14(17-7-9-23-4)18-11(10(2)20)13(19-12)16-6-8-22-3/h5-9H2,1-4H3,(H,16,19)(H,17,18). The molecule has 1 heterocycles. The van der Waals surface area contributed by atoms with Crippen molar-refractivity contribution in [3.8, 4) is 0 Å². The molecule has 9 heteroatoms. The molecule has 134 valence electrons. The molecule has 0 aliphatic carbocycles. The smallest absolute Gasteiger partial charge is 0.360 e. The van der Waals surface area contributed by atoms with Crippen LogP contribution in [0.5, 0.6) is 0 Å². The van der Waals surface area contributed by atoms with Gasteiger partial charge >= 0.3 is 5.97 Å². The fourth-order valence-electron chi connectivity index (χ4n) is 1.81. The van der Waals surface area contributed by atoms with Gasteiger partial charge in [-0.15, -0.1) is 0 Å². The average Bonchev–Trinajstić information content (AvgIpc) is 2.55. The van der Waals surface area contributed by atoms with Crippen LogP contribution >= 0.6 is 0 Å². The minimum absolute atomic E-state index is 0.0119. The highest BCUT2D eigenvalue weighted by Gasteiger charge is 2.22. The molecule has 0 atom stereocenters. The number of rotatable bonds is 11. The first kappa shape index (κ1) is 19.8. The van der Waals surface area contributed by atoms with E-state index < -0.39 is 5.97 Å². The van der Waals surface area contributed by atoms with Gasteiger partial charge < -0.3 is 24.8 Å². The molecule has 0 amide bonds. The van der Waals surface area contributed by atoms with Gasteiger partial charge in [-0.3, -0.25) is 4.79 Å². The molecule has 1 aromatic rings. The number of aromatic nitrogens is 2. The largest absolute Gasteiger partial charge is 0.461 e. The van der Waals surface area contributed by atoms with E-state index in [0.717, 1.165) is 0 Å². The number of anilines is 2. The highest BCUT2D eigenvalue weighted by Crippen LogP contribution is 2.19. The van der Waals surface area contributed by atoms with Crippen molar-refractivity contribution in [2.24, 2.45) is 0 Å². The monoisotopic (exact) mass is 340 g/mol. The Balaban J connectivity index is 3.20. The van der Waals surface area contributed by atoms with Crippen molar-refractivity contribution in [2.45, 2.75) is 13.8 Å². The zero-order chi connectivity index (χ0) is 17.9. The van der Waals surface area contributed by atoms with E-state index in [2.05, 4.69) is 20.6 Å². The van der Waals surface area contributed by atoms with Crippen LogP contribution < -0.4 is 10.6 Å². The summed E-state index contributed by atoms with van der Waals surface area (Å²) in [5.41, 5.74) is 0.150. The Morgan fingerprint density at radius 2 is 1.46 bits per heavy atom. The number of esters is 1. The summed E-state index contributed by atoms with van der Waals surface area (Å²) < 4.78 is 14.9. The fraction of sp³-hybridized carbons (Fsp3) is 0.600. The van der Waals surface area contributed by atoms with Gasteiger partial charge in [-0.05, 0) is 6.92 Å². The number of ether oxygens (including phenoxy) is 3. The molecule has 0 radical (unpaired) electrons. The fourth-order valence-corrected chi connectivity index (χ4v) is 1.81. The summed E-state index contributed by atoms with van der Waals surface area (Å²) >= 11 is 0. The first-order chi connectivity index (χ1) is 11.5. The molecule has 1 aromatic heterocycles. The molecule has 24 heavy (non-hydrogen) atoms. The number of nitrogens with zero attached hydrogens (tertiary/aromatic N) is 2. The quantitative estimate of drug-likeness (QED) is 0.346. The van der Waals surface area contributed by atoms with Gasteiger partial charge in [0.2, 0.25) is 0 Å². The Hall–Kier alpha value is -2.26. The second-order valence-electron chi connectivity index (χ2n) is 4.73. The third-order valence-electron chi connectivity index (χ3n) is 2.90. The molecule has 0 aliphatic heterocycles. The molecule has 0 saturated carbocycles. The third kappa shape index (κ3) is 5.74. The number of hydrogen-bond donors (Lipinski definition) is 2. The van der Waals surface area contributed by atoms with Crippen LogP contribution in [0.3, 0.4) is 0 Å². The van der Waals surface area contributed by atoms with Crippen LogP contribution in [0.25, 0.3) is 0 Å². The number of Topliss-reactive ketones (excluding diaryl/α,β-unsaturated/α-hetero) is 1. The topological polar surface area (TPSA) is 112 Å². The van der Waals surface area contributed by atoms with Crippen LogP contribution in [0.1, 0.15) is 34.8 Å². The van der Waals surface area contributed by atoms with E-state index in [1.807, 2.05) is 0 Å². The first-order valence-electron chi connectivity index (χ1n) is 7.60. The molecule has 0 aromatic carbocycles. The van der Waals surface area contributed by atoms with E-state index in [-0.39, 0.29) is 35.4 Å². The number of ketones is 1. The molecule has 0 bridgehead atoms. The molecular weight excluding hydrogens is 316 g/mol. The van der Waals surface area contributed by atoms with E-state index in [1.54, 1.807) is 21.1 Å². The van der Waals surface area contributed by atoms with Gasteiger partial charge in [-0.25, -0.2) is 14.8 Å². The van der Waals surface area contributed by atoms with E-state index in [0.29, 0.717) is 26.3 Å². The van der Waals surface area contributed by atoms with Crippen molar-refractivity contribution in [3.63, 3.8) is 0 Å². The van der Waals surface area contributed by atoms with Crippen LogP contribution in [0.2, 0.25) is 0 Å². The van der Waals surface area contributed by atoms with Crippen molar-refractivity contribution < 1.29 is 23.8 Å². The summed E-state index contributed by atoms with van der Waals surface area (Å²) in [6.07, 6.45) is 0. The molecule has 9 nitrogen and oxygen atoms in total. The van der Waals surface area contributed by atoms with Crippen LogP contribution in [0.4, 0.5) is 11.6 Å². The average molecular weight is 340 g/mol. The van der Waals surface area contributed by atoms with E-state index >= 15 is 0 Å². The maximum absolute atomic E-state index is 12.1. The van der Waals surface area contributed by atoms with Crippen molar-refractivity contribution >= 4 is 23.4 Å². The molecule has 0 saturated heterocycles. The number of nitrogens with one attached hydrogen (secondary N) is 2. The second kappa shape index (κ2) is 10.5. The maximum Gasteiger partial charge on any atom is 0.360 e. The summed E-state index contributed by atoms with van der Waals surface area (Å²) in [6, 6.07) is 0. The molecule has 0 fully saturated rings. The molecule has 0 aliphatic rings. The summed E-state index contributed by atoms with van der Waals surface area (Å²) in [5.74, 6) is -0.477. The zero-order valence-corrected chi connectivity index (χ0v) is 14.5. The van der Waals surface area contributed by atoms with Gasteiger partial charge in [0.1, 0.15) is 0 Å². The molecule has 0 spiro atoms. The number of carbonyl (C=O) groups is 2. The molecule has 1 rings (SSSR count). The highest BCUT2D eigenvalue weighted by atomic mass is 16.5. The van der Waals surface area contributed by atoms with E-state index in [4.69, 9.17) is 14.2 Å². The van der Waals surface area contributed by atoms with Crippen LogP contribution in [-0.2, 0) is 14.2 Å². The van der Waals surface area contributed by atoms with Gasteiger partial charge in [0.15, 0.2) is 28.8 Å². The Morgan fingerprint density at radius 1 is 0.958 bits per heavy atom. The van der Waals surface area contributed by atoms with Gasteiger partial charge in [0.25, 0.3) is 0 Å². The summed E-state index contributed by atoms with van der Waals surface area (Å²) in [5, 5.41) is 5.89. The minimum Gasteiger partial charge on any atom is -0.461 e. The van der Waals surface area contributed by atoms with Gasteiger partial charge in [0, 0.05) is 34.2 Å². The van der Waals surface area contributed by atoms with Crippen molar-refractivity contribution in [1.82, 2.24) is 9.97 Å². The lowest BCUT2D eigenvalue weighted by molar-refractivity contribution is 0.0520. The Kier molecular flexibility index (Phi) is 8.66. The lowest BCUT2D eigenvalue weighted by Crippen LogP contribution is -2.21. The van der Waals surface area contributed by atoms with Crippen LogP contribution in [-0.4, -0.2) is 68.9 Å². The first-order valence-corrected chi connectivity index (χ1v) is 7.60. The Morgan fingerprint density at radius 3 is 1.92 bits per heavy atom. The summed E-state index contributed by atoms with van der Waals surface area (Å²) in [6.45, 7) is 4.95. The normalized spacial score (nSPS) is 10.3. The van der Waals surface area contributed by atoms with E-state index in [9.17, 15) is 9.59 Å². The Bertz CT molecular complexity index is 565. The molecule has 2 N–H and O–H groups in total. The van der Waals surface area contributed by atoms with Crippen molar-refractivity contribution in [2.75, 3.05) is 57.8 Å². The lowest BCUT2D eigenvalue weighted by Gasteiger charge is -2.14. The van der Waals surface area contributed by atoms with Gasteiger partial charge in [0.05, 0.1) is 19.8 Å². The number of carbonyl (C=O) groups excluding carboxylic acids is 2.